The van der Waals surface area contributed by atoms with Crippen LogP contribution in [0.25, 0.3) is 0 Å². The molecule has 3 amide bonds. The summed E-state index contributed by atoms with van der Waals surface area (Å²) in [5, 5.41) is 5.63. The number of methoxy groups -OCH3 is 1. The molecular formula is C22H27N4O4+. The van der Waals surface area contributed by atoms with Gasteiger partial charge in [0.05, 0.1) is 14.2 Å². The van der Waals surface area contributed by atoms with Crippen molar-refractivity contribution in [3.05, 3.63) is 48.5 Å². The Bertz CT molecular complexity index is 896. The van der Waals surface area contributed by atoms with Crippen LogP contribution in [0.1, 0.15) is 12.8 Å². The molecule has 8 heteroatoms. The number of likely N-dealkylation sites (N-methyl/N-ethyl adjacent to an activating group) is 1. The number of carbonyl (C=O) groups is 3. The van der Waals surface area contributed by atoms with Crippen molar-refractivity contribution >= 4 is 34.8 Å². The SMILES string of the molecule is COc1ccc(NC(=O)C[NH+](C)CC(=O)Nc2ccc(N3CCCC3=O)cc2)cc1. The summed E-state index contributed by atoms with van der Waals surface area (Å²) in [4.78, 5) is 38.8. The molecule has 158 valence electrons. The Morgan fingerprint density at radius 3 is 1.97 bits per heavy atom. The van der Waals surface area contributed by atoms with Crippen molar-refractivity contribution in [3.8, 4) is 5.75 Å². The average molecular weight is 411 g/mol. The second-order valence-corrected chi connectivity index (χ2v) is 7.33. The number of nitrogens with one attached hydrogen (secondary N) is 3. The molecule has 1 atom stereocenters. The number of ether oxygens (including phenoxy) is 1. The van der Waals surface area contributed by atoms with E-state index in [1.807, 2.05) is 12.1 Å². The Labute approximate surface area is 175 Å². The average Bonchev–Trinajstić information content (AvgIpc) is 3.14. The van der Waals surface area contributed by atoms with E-state index in [2.05, 4.69) is 10.6 Å². The highest BCUT2D eigenvalue weighted by molar-refractivity contribution is 5.96. The molecule has 0 aliphatic carbocycles. The second kappa shape index (κ2) is 9.89. The molecule has 8 nitrogen and oxygen atoms in total. The first-order valence-corrected chi connectivity index (χ1v) is 9.90. The first-order chi connectivity index (χ1) is 14.4. The van der Waals surface area contributed by atoms with E-state index in [9.17, 15) is 14.4 Å². The van der Waals surface area contributed by atoms with Gasteiger partial charge in [-0.3, -0.25) is 14.4 Å². The molecule has 2 aromatic rings. The highest BCUT2D eigenvalue weighted by atomic mass is 16.5. The van der Waals surface area contributed by atoms with Gasteiger partial charge < -0.3 is 25.2 Å². The first kappa shape index (κ1) is 21.3. The van der Waals surface area contributed by atoms with Crippen LogP contribution in [0.2, 0.25) is 0 Å². The molecule has 0 saturated carbocycles. The van der Waals surface area contributed by atoms with Gasteiger partial charge in [-0.15, -0.1) is 0 Å². The summed E-state index contributed by atoms with van der Waals surface area (Å²) in [6.45, 7) is 1.05. The van der Waals surface area contributed by atoms with Crippen molar-refractivity contribution in [1.29, 1.82) is 0 Å². The molecule has 3 rings (SSSR count). The molecule has 0 radical (unpaired) electrons. The van der Waals surface area contributed by atoms with Gasteiger partial charge in [-0.25, -0.2) is 0 Å². The monoisotopic (exact) mass is 411 g/mol. The van der Waals surface area contributed by atoms with Gasteiger partial charge in [0.15, 0.2) is 13.1 Å². The fourth-order valence-electron chi connectivity index (χ4n) is 3.34. The van der Waals surface area contributed by atoms with Gasteiger partial charge in [-0.05, 0) is 55.0 Å². The van der Waals surface area contributed by atoms with E-state index in [0.29, 0.717) is 23.5 Å². The van der Waals surface area contributed by atoms with Crippen LogP contribution in [0.5, 0.6) is 5.75 Å². The van der Waals surface area contributed by atoms with Crippen LogP contribution in [-0.4, -0.2) is 51.5 Å². The fourth-order valence-corrected chi connectivity index (χ4v) is 3.34. The standard InChI is InChI=1S/C22H26N4O4/c1-25(15-21(28)24-17-7-11-19(30-2)12-8-17)14-20(27)23-16-5-9-18(10-6-16)26-13-3-4-22(26)29/h5-12H,3-4,13-15H2,1-2H3,(H,23,27)(H,24,28)/p+1. The highest BCUT2D eigenvalue weighted by Crippen LogP contribution is 2.22. The van der Waals surface area contributed by atoms with Crippen LogP contribution >= 0.6 is 0 Å². The molecular weight excluding hydrogens is 384 g/mol. The molecule has 1 aliphatic heterocycles. The Hall–Kier alpha value is -3.39. The number of amides is 3. The molecule has 3 N–H and O–H groups in total. The molecule has 30 heavy (non-hydrogen) atoms. The summed E-state index contributed by atoms with van der Waals surface area (Å²) in [7, 11) is 3.37. The lowest BCUT2D eigenvalue weighted by Gasteiger charge is -2.16. The molecule has 0 spiro atoms. The Kier molecular flexibility index (Phi) is 7.03. The molecule has 1 fully saturated rings. The van der Waals surface area contributed by atoms with Crippen LogP contribution in [0.3, 0.4) is 0 Å². The van der Waals surface area contributed by atoms with Gasteiger partial charge >= 0.3 is 0 Å². The van der Waals surface area contributed by atoms with Crippen molar-refractivity contribution in [2.75, 3.05) is 49.3 Å². The maximum atomic E-state index is 12.3. The Morgan fingerprint density at radius 1 is 0.967 bits per heavy atom. The minimum absolute atomic E-state index is 0.130. The van der Waals surface area contributed by atoms with Crippen molar-refractivity contribution in [1.82, 2.24) is 0 Å². The van der Waals surface area contributed by atoms with Crippen LogP contribution in [0, 0.1) is 0 Å². The Balaban J connectivity index is 1.44. The molecule has 2 aromatic carbocycles. The number of carbonyl (C=O) groups excluding carboxylic acids is 3. The minimum Gasteiger partial charge on any atom is -0.497 e. The normalized spacial score (nSPS) is 14.3. The third kappa shape index (κ3) is 5.81. The summed E-state index contributed by atoms with van der Waals surface area (Å²) in [5.41, 5.74) is 2.17. The van der Waals surface area contributed by atoms with Crippen LogP contribution in [0.4, 0.5) is 17.1 Å². The molecule has 1 aliphatic rings. The van der Waals surface area contributed by atoms with E-state index in [4.69, 9.17) is 4.74 Å². The van der Waals surface area contributed by atoms with Gasteiger partial charge in [-0.2, -0.15) is 0 Å². The lowest BCUT2D eigenvalue weighted by Crippen LogP contribution is -3.11. The predicted octanol–water partition coefficient (Wildman–Crippen LogP) is 0.914. The zero-order valence-corrected chi connectivity index (χ0v) is 17.2. The van der Waals surface area contributed by atoms with E-state index < -0.39 is 0 Å². The minimum atomic E-state index is -0.185. The summed E-state index contributed by atoms with van der Waals surface area (Å²) in [6, 6.07) is 14.3. The molecule has 1 heterocycles. The number of hydrogen-bond donors (Lipinski definition) is 3. The number of nitrogens with zero attached hydrogens (tertiary/aromatic N) is 1. The number of benzene rings is 2. The molecule has 0 bridgehead atoms. The maximum Gasteiger partial charge on any atom is 0.279 e. The summed E-state index contributed by atoms with van der Waals surface area (Å²) in [5.74, 6) is 0.484. The highest BCUT2D eigenvalue weighted by Gasteiger charge is 2.21. The van der Waals surface area contributed by atoms with E-state index in [1.54, 1.807) is 55.5 Å². The predicted molar refractivity (Wildman–Crippen MR) is 115 cm³/mol. The topological polar surface area (TPSA) is 92.2 Å². The summed E-state index contributed by atoms with van der Waals surface area (Å²) >= 11 is 0. The van der Waals surface area contributed by atoms with Gasteiger partial charge in [0.2, 0.25) is 5.91 Å². The van der Waals surface area contributed by atoms with E-state index in [0.717, 1.165) is 23.6 Å². The van der Waals surface area contributed by atoms with Crippen LogP contribution < -0.4 is 25.2 Å². The molecule has 1 unspecified atom stereocenters. The van der Waals surface area contributed by atoms with Crippen molar-refractivity contribution in [2.45, 2.75) is 12.8 Å². The smallest absolute Gasteiger partial charge is 0.279 e. The third-order valence-electron chi connectivity index (χ3n) is 4.83. The van der Waals surface area contributed by atoms with Gasteiger partial charge in [0, 0.05) is 30.0 Å². The number of quaternary nitrogens is 1. The quantitative estimate of drug-likeness (QED) is 0.602. The van der Waals surface area contributed by atoms with Gasteiger partial charge in [0.25, 0.3) is 11.8 Å². The van der Waals surface area contributed by atoms with E-state index in [1.165, 1.54) is 0 Å². The third-order valence-corrected chi connectivity index (χ3v) is 4.83. The first-order valence-electron chi connectivity index (χ1n) is 9.90. The lowest BCUT2D eigenvalue weighted by atomic mass is 10.2. The number of anilines is 3. The second-order valence-electron chi connectivity index (χ2n) is 7.33. The molecule has 0 aromatic heterocycles. The van der Waals surface area contributed by atoms with Crippen LogP contribution in [-0.2, 0) is 14.4 Å². The van der Waals surface area contributed by atoms with Crippen molar-refractivity contribution < 1.29 is 24.0 Å². The van der Waals surface area contributed by atoms with E-state index >= 15 is 0 Å². The van der Waals surface area contributed by atoms with Crippen molar-refractivity contribution in [2.24, 2.45) is 0 Å². The van der Waals surface area contributed by atoms with Gasteiger partial charge in [-0.1, -0.05) is 0 Å². The summed E-state index contributed by atoms with van der Waals surface area (Å²) < 4.78 is 5.09. The number of hydrogen-bond acceptors (Lipinski definition) is 4. The number of rotatable bonds is 8. The lowest BCUT2D eigenvalue weighted by molar-refractivity contribution is -0.862. The fraction of sp³-hybridized carbons (Fsp3) is 0.318. The largest absolute Gasteiger partial charge is 0.497 e. The maximum absolute atomic E-state index is 12.3. The zero-order valence-electron chi connectivity index (χ0n) is 17.2. The van der Waals surface area contributed by atoms with Crippen molar-refractivity contribution in [3.63, 3.8) is 0 Å². The zero-order chi connectivity index (χ0) is 21.5. The van der Waals surface area contributed by atoms with Crippen LogP contribution in [0.15, 0.2) is 48.5 Å². The van der Waals surface area contributed by atoms with E-state index in [-0.39, 0.29) is 30.8 Å². The summed E-state index contributed by atoms with van der Waals surface area (Å²) in [6.07, 6.45) is 1.46. The van der Waals surface area contributed by atoms with Gasteiger partial charge in [0.1, 0.15) is 5.75 Å². The Morgan fingerprint density at radius 2 is 1.50 bits per heavy atom. The molecule has 1 saturated heterocycles.